The van der Waals surface area contributed by atoms with Crippen molar-refractivity contribution < 1.29 is 18.0 Å². The molecule has 1 saturated heterocycles. The molecule has 188 valence electrons. The number of nitrogens with one attached hydrogen (secondary N) is 2. The van der Waals surface area contributed by atoms with Crippen LogP contribution < -0.4 is 10.6 Å². The fourth-order valence-electron chi connectivity index (χ4n) is 4.01. The summed E-state index contributed by atoms with van der Waals surface area (Å²) in [5.74, 6) is -0.532. The van der Waals surface area contributed by atoms with Gasteiger partial charge in [-0.2, -0.15) is 4.31 Å². The van der Waals surface area contributed by atoms with Gasteiger partial charge in [0, 0.05) is 33.3 Å². The minimum absolute atomic E-state index is 0.167. The lowest BCUT2D eigenvalue weighted by molar-refractivity contribution is -0.120. The minimum Gasteiger partial charge on any atom is -0.348 e. The summed E-state index contributed by atoms with van der Waals surface area (Å²) in [5.41, 5.74) is 2.00. The lowest BCUT2D eigenvalue weighted by atomic mass is 10.0. The van der Waals surface area contributed by atoms with E-state index in [0.717, 1.165) is 20.9 Å². The lowest BCUT2D eigenvalue weighted by Crippen LogP contribution is -2.49. The highest BCUT2D eigenvalue weighted by Crippen LogP contribution is 2.27. The smallest absolute Gasteiger partial charge is 0.251 e. The van der Waals surface area contributed by atoms with E-state index in [0.29, 0.717) is 37.2 Å². The maximum Gasteiger partial charge on any atom is 0.251 e. The van der Waals surface area contributed by atoms with Crippen molar-refractivity contribution in [3.8, 4) is 0 Å². The minimum atomic E-state index is -3.80. The Labute approximate surface area is 227 Å². The Morgan fingerprint density at radius 2 is 1.47 bits per heavy atom. The maximum atomic E-state index is 13.3. The molecular weight excluding hydrogens is 610 g/mol. The number of nitrogens with zero attached hydrogens (tertiary/aromatic N) is 1. The van der Waals surface area contributed by atoms with Crippen molar-refractivity contribution in [1.29, 1.82) is 0 Å². The molecular formula is C26H25Br2N3O4S. The summed E-state index contributed by atoms with van der Waals surface area (Å²) in [6.45, 7) is 0.637. The maximum absolute atomic E-state index is 13.3. The van der Waals surface area contributed by atoms with Gasteiger partial charge in [-0.05, 0) is 79.1 Å². The average Bonchev–Trinajstić information content (AvgIpc) is 2.89. The highest BCUT2D eigenvalue weighted by molar-refractivity contribution is 9.10. The molecule has 0 saturated carbocycles. The first kappa shape index (κ1) is 26.5. The van der Waals surface area contributed by atoms with E-state index in [2.05, 4.69) is 42.5 Å². The standard InChI is InChI=1S/C26H25Br2N3O4S/c27-20-8-6-19(7-9-20)25(32)29-17-18-4-12-22(13-5-18)30-26(33)24-3-1-2-16-31(24)36(34,35)23-14-10-21(28)11-15-23/h4-15,24H,1-3,16-17H2,(H,29,32)(H,30,33). The van der Waals surface area contributed by atoms with Crippen LogP contribution in [0.4, 0.5) is 5.69 Å². The van der Waals surface area contributed by atoms with Crippen LogP contribution in [0.2, 0.25) is 0 Å². The highest BCUT2D eigenvalue weighted by Gasteiger charge is 2.37. The van der Waals surface area contributed by atoms with Gasteiger partial charge in [-0.25, -0.2) is 8.42 Å². The van der Waals surface area contributed by atoms with Crippen LogP contribution in [0.5, 0.6) is 0 Å². The molecule has 2 amide bonds. The van der Waals surface area contributed by atoms with Gasteiger partial charge in [0.15, 0.2) is 0 Å². The van der Waals surface area contributed by atoms with Crippen LogP contribution in [0, 0.1) is 0 Å². The first-order chi connectivity index (χ1) is 17.2. The Bertz CT molecular complexity index is 1330. The number of benzene rings is 3. The van der Waals surface area contributed by atoms with Crippen molar-refractivity contribution in [1.82, 2.24) is 9.62 Å². The summed E-state index contributed by atoms with van der Waals surface area (Å²) < 4.78 is 29.5. The largest absolute Gasteiger partial charge is 0.348 e. The molecule has 1 heterocycles. The van der Waals surface area contributed by atoms with Crippen LogP contribution in [-0.2, 0) is 21.4 Å². The number of anilines is 1. The third kappa shape index (κ3) is 6.42. The zero-order valence-electron chi connectivity index (χ0n) is 19.3. The predicted molar refractivity (Wildman–Crippen MR) is 146 cm³/mol. The Kier molecular flexibility index (Phi) is 8.61. The number of rotatable bonds is 7. The molecule has 2 N–H and O–H groups in total. The van der Waals surface area contributed by atoms with Crippen molar-refractivity contribution in [2.45, 2.75) is 36.7 Å². The molecule has 0 aromatic heterocycles. The van der Waals surface area contributed by atoms with Crippen molar-refractivity contribution in [2.75, 3.05) is 11.9 Å². The zero-order chi connectivity index (χ0) is 25.7. The molecule has 7 nitrogen and oxygen atoms in total. The average molecular weight is 635 g/mol. The van der Waals surface area contributed by atoms with Crippen LogP contribution in [-0.4, -0.2) is 37.1 Å². The predicted octanol–water partition coefficient (Wildman–Crippen LogP) is 5.32. The zero-order valence-corrected chi connectivity index (χ0v) is 23.3. The molecule has 4 rings (SSSR count). The van der Waals surface area contributed by atoms with Gasteiger partial charge in [0.2, 0.25) is 15.9 Å². The van der Waals surface area contributed by atoms with E-state index >= 15 is 0 Å². The van der Waals surface area contributed by atoms with Gasteiger partial charge in [-0.1, -0.05) is 50.4 Å². The molecule has 0 aliphatic carbocycles. The van der Waals surface area contributed by atoms with Crippen molar-refractivity contribution in [3.63, 3.8) is 0 Å². The van der Waals surface area contributed by atoms with Gasteiger partial charge in [-0.3, -0.25) is 9.59 Å². The topological polar surface area (TPSA) is 95.6 Å². The summed E-state index contributed by atoms with van der Waals surface area (Å²) >= 11 is 6.67. The molecule has 1 aliphatic rings. The van der Waals surface area contributed by atoms with E-state index in [-0.39, 0.29) is 16.7 Å². The quantitative estimate of drug-likeness (QED) is 0.368. The van der Waals surface area contributed by atoms with E-state index in [1.54, 1.807) is 36.4 Å². The Balaban J connectivity index is 1.38. The van der Waals surface area contributed by atoms with Crippen LogP contribution in [0.3, 0.4) is 0 Å². The second kappa shape index (κ2) is 11.7. The van der Waals surface area contributed by atoms with Crippen LogP contribution in [0.15, 0.2) is 86.6 Å². The summed E-state index contributed by atoms with van der Waals surface area (Å²) in [7, 11) is -3.80. The monoisotopic (exact) mass is 633 g/mol. The van der Waals surface area contributed by atoms with Crippen LogP contribution in [0.25, 0.3) is 0 Å². The van der Waals surface area contributed by atoms with E-state index in [1.807, 2.05) is 24.3 Å². The molecule has 0 radical (unpaired) electrons. The summed E-state index contributed by atoms with van der Waals surface area (Å²) in [5, 5.41) is 5.72. The summed E-state index contributed by atoms with van der Waals surface area (Å²) in [4.78, 5) is 25.6. The second-order valence-electron chi connectivity index (χ2n) is 8.46. The highest BCUT2D eigenvalue weighted by atomic mass is 79.9. The molecule has 1 unspecified atom stereocenters. The molecule has 10 heteroatoms. The second-order valence-corrected chi connectivity index (χ2v) is 12.2. The molecule has 36 heavy (non-hydrogen) atoms. The van der Waals surface area contributed by atoms with Gasteiger partial charge < -0.3 is 10.6 Å². The number of carbonyl (C=O) groups excluding carboxylic acids is 2. The van der Waals surface area contributed by atoms with Crippen molar-refractivity contribution in [3.05, 3.63) is 92.9 Å². The Morgan fingerprint density at radius 1 is 0.861 bits per heavy atom. The van der Waals surface area contributed by atoms with Crippen molar-refractivity contribution >= 4 is 59.4 Å². The van der Waals surface area contributed by atoms with Gasteiger partial charge in [0.05, 0.1) is 4.90 Å². The number of hydrogen-bond donors (Lipinski definition) is 2. The molecule has 3 aromatic rings. The summed E-state index contributed by atoms with van der Waals surface area (Å²) in [6, 6.07) is 19.9. The van der Waals surface area contributed by atoms with Crippen LogP contribution in [0.1, 0.15) is 35.2 Å². The molecule has 1 atom stereocenters. The van der Waals surface area contributed by atoms with Gasteiger partial charge in [0.1, 0.15) is 6.04 Å². The normalized spacial score (nSPS) is 16.3. The first-order valence-corrected chi connectivity index (χ1v) is 14.5. The number of halogens is 2. The number of carbonyl (C=O) groups is 2. The number of hydrogen-bond acceptors (Lipinski definition) is 4. The fourth-order valence-corrected chi connectivity index (χ4v) is 6.20. The van der Waals surface area contributed by atoms with E-state index in [9.17, 15) is 18.0 Å². The first-order valence-electron chi connectivity index (χ1n) is 11.4. The third-order valence-corrected chi connectivity index (χ3v) is 8.94. The van der Waals surface area contributed by atoms with Gasteiger partial charge in [-0.15, -0.1) is 0 Å². The molecule has 3 aromatic carbocycles. The molecule has 1 aliphatic heterocycles. The molecule has 1 fully saturated rings. The van der Waals surface area contributed by atoms with E-state index in [4.69, 9.17) is 0 Å². The number of sulfonamides is 1. The number of amides is 2. The fraction of sp³-hybridized carbons (Fsp3) is 0.231. The van der Waals surface area contributed by atoms with E-state index < -0.39 is 16.1 Å². The third-order valence-electron chi connectivity index (χ3n) is 5.96. The number of piperidine rings is 1. The summed E-state index contributed by atoms with van der Waals surface area (Å²) in [6.07, 6.45) is 1.95. The van der Waals surface area contributed by atoms with Crippen LogP contribution >= 0.6 is 31.9 Å². The molecule has 0 spiro atoms. The molecule has 0 bridgehead atoms. The van der Waals surface area contributed by atoms with E-state index in [1.165, 1.54) is 16.4 Å². The SMILES string of the molecule is O=C(NCc1ccc(NC(=O)C2CCCCN2S(=O)(=O)c2ccc(Br)cc2)cc1)c1ccc(Br)cc1. The van der Waals surface area contributed by atoms with Crippen molar-refractivity contribution in [2.24, 2.45) is 0 Å². The van der Waals surface area contributed by atoms with Gasteiger partial charge >= 0.3 is 0 Å². The van der Waals surface area contributed by atoms with Gasteiger partial charge in [0.25, 0.3) is 5.91 Å². The Hall–Kier alpha value is -2.53. The lowest BCUT2D eigenvalue weighted by Gasteiger charge is -2.33. The Morgan fingerprint density at radius 3 is 2.11 bits per heavy atom.